The van der Waals surface area contributed by atoms with Gasteiger partial charge in [0.1, 0.15) is 6.54 Å². The molecule has 1 aliphatic rings. The molecule has 0 radical (unpaired) electrons. The Morgan fingerprint density at radius 2 is 2.04 bits per heavy atom. The number of benzene rings is 1. The number of piperazine rings is 1. The Bertz CT molecular complexity index is 728. The largest absolute Gasteiger partial charge is 0.493 e. The fourth-order valence-electron chi connectivity index (χ4n) is 3.11. The van der Waals surface area contributed by atoms with E-state index in [2.05, 4.69) is 16.8 Å². The van der Waals surface area contributed by atoms with Crippen LogP contribution in [-0.2, 0) is 6.54 Å². The molecule has 0 aliphatic carbocycles. The van der Waals surface area contributed by atoms with E-state index in [0.717, 1.165) is 32.7 Å². The molecule has 0 bridgehead atoms. The van der Waals surface area contributed by atoms with E-state index in [-0.39, 0.29) is 5.91 Å². The molecule has 1 N–H and O–H groups in total. The predicted molar refractivity (Wildman–Crippen MR) is 99.2 cm³/mol. The average Bonchev–Trinajstić information content (AvgIpc) is 3.14. The van der Waals surface area contributed by atoms with Gasteiger partial charge in [-0.15, -0.1) is 0 Å². The average molecular weight is 382 g/mol. The minimum absolute atomic E-state index is 0.0163. The van der Waals surface area contributed by atoms with E-state index >= 15 is 0 Å². The molecule has 1 saturated heterocycles. The van der Waals surface area contributed by atoms with Crippen molar-refractivity contribution in [1.82, 2.24) is 4.90 Å². The van der Waals surface area contributed by atoms with E-state index in [0.29, 0.717) is 22.1 Å². The van der Waals surface area contributed by atoms with Crippen LogP contribution in [0.15, 0.2) is 29.0 Å². The van der Waals surface area contributed by atoms with E-state index < -0.39 is 0 Å². The fourth-order valence-corrected chi connectivity index (χ4v) is 4.07. The highest BCUT2D eigenvalue weighted by atomic mass is 35.5. The van der Waals surface area contributed by atoms with E-state index in [4.69, 9.17) is 21.1 Å². The zero-order valence-corrected chi connectivity index (χ0v) is 16.0. The zero-order chi connectivity index (χ0) is 17.8. The van der Waals surface area contributed by atoms with Crippen molar-refractivity contribution in [2.75, 3.05) is 40.4 Å². The summed E-state index contributed by atoms with van der Waals surface area (Å²) in [6.45, 7) is 4.40. The molecule has 0 spiro atoms. The number of rotatable bonds is 5. The number of carbonyl (C=O) groups is 1. The zero-order valence-electron chi connectivity index (χ0n) is 14.4. The molecule has 0 saturated carbocycles. The van der Waals surface area contributed by atoms with Crippen LogP contribution in [0.3, 0.4) is 0 Å². The summed E-state index contributed by atoms with van der Waals surface area (Å²) in [5.74, 6) is 0.906. The van der Waals surface area contributed by atoms with Crippen LogP contribution >= 0.6 is 22.9 Å². The lowest BCUT2D eigenvalue weighted by Crippen LogP contribution is -3.13. The molecule has 5 nitrogen and oxygen atoms in total. The molecule has 1 amide bonds. The van der Waals surface area contributed by atoms with Crippen LogP contribution in [0.5, 0.6) is 11.5 Å². The number of amides is 1. The van der Waals surface area contributed by atoms with Gasteiger partial charge < -0.3 is 19.3 Å². The van der Waals surface area contributed by atoms with Crippen molar-refractivity contribution >= 4 is 28.8 Å². The molecular formula is C18H22ClN2O3S+. The highest BCUT2D eigenvalue weighted by Gasteiger charge is 2.26. The van der Waals surface area contributed by atoms with Crippen molar-refractivity contribution in [2.24, 2.45) is 0 Å². The minimum Gasteiger partial charge on any atom is -0.493 e. The van der Waals surface area contributed by atoms with Crippen LogP contribution in [0.25, 0.3) is 0 Å². The number of hydrogen-bond donors (Lipinski definition) is 1. The van der Waals surface area contributed by atoms with Crippen LogP contribution in [0, 0.1) is 0 Å². The monoisotopic (exact) mass is 381 g/mol. The summed E-state index contributed by atoms with van der Waals surface area (Å²) >= 11 is 7.95. The predicted octanol–water partition coefficient (Wildman–Crippen LogP) is 1.96. The number of nitrogens with zero attached hydrogens (tertiary/aromatic N) is 1. The number of halogens is 1. The van der Waals surface area contributed by atoms with Crippen LogP contribution in [0.2, 0.25) is 5.02 Å². The maximum absolute atomic E-state index is 12.8. The number of nitrogens with one attached hydrogen (secondary N) is 1. The van der Waals surface area contributed by atoms with Gasteiger partial charge in [0, 0.05) is 11.1 Å². The number of thiophene rings is 1. The molecule has 1 aromatic carbocycles. The topological polar surface area (TPSA) is 43.2 Å². The van der Waals surface area contributed by atoms with Crippen LogP contribution in [-0.4, -0.2) is 51.2 Å². The highest BCUT2D eigenvalue weighted by Crippen LogP contribution is 2.36. The Kier molecular flexibility index (Phi) is 5.83. The maximum atomic E-state index is 12.8. The molecule has 134 valence electrons. The van der Waals surface area contributed by atoms with Gasteiger partial charge in [0.25, 0.3) is 5.91 Å². The van der Waals surface area contributed by atoms with E-state index in [1.54, 1.807) is 23.5 Å². The summed E-state index contributed by atoms with van der Waals surface area (Å²) in [5, 5.41) is 4.68. The van der Waals surface area contributed by atoms with Gasteiger partial charge in [0.15, 0.2) is 11.5 Å². The van der Waals surface area contributed by atoms with Crippen LogP contribution in [0.4, 0.5) is 0 Å². The number of ether oxygens (including phenoxy) is 2. The quantitative estimate of drug-likeness (QED) is 0.861. The SMILES string of the molecule is COc1cc(C(=O)N2CC[NH+](Cc3ccsc3)CC2)cc(Cl)c1OC. The third-order valence-corrected chi connectivity index (χ3v) is 5.49. The van der Waals surface area contributed by atoms with Gasteiger partial charge >= 0.3 is 0 Å². The molecule has 1 aromatic heterocycles. The second-order valence-corrected chi connectivity index (χ2v) is 7.23. The molecule has 1 fully saturated rings. The lowest BCUT2D eigenvalue weighted by atomic mass is 10.1. The Balaban J connectivity index is 1.65. The summed E-state index contributed by atoms with van der Waals surface area (Å²) in [7, 11) is 3.07. The standard InChI is InChI=1S/C18H21ClN2O3S/c1-23-16-10-14(9-15(19)17(16)24-2)18(22)21-6-4-20(5-7-21)11-13-3-8-25-12-13/h3,8-10,12H,4-7,11H2,1-2H3/p+1. The van der Waals surface area contributed by atoms with Gasteiger partial charge in [0.05, 0.1) is 45.4 Å². The molecule has 3 rings (SSSR count). The Morgan fingerprint density at radius 3 is 2.64 bits per heavy atom. The van der Waals surface area contributed by atoms with Crippen molar-refractivity contribution in [3.63, 3.8) is 0 Å². The van der Waals surface area contributed by atoms with Crippen LogP contribution in [0.1, 0.15) is 15.9 Å². The van der Waals surface area contributed by atoms with Gasteiger partial charge in [-0.2, -0.15) is 11.3 Å². The molecular weight excluding hydrogens is 360 g/mol. The first-order chi connectivity index (χ1) is 12.1. The van der Waals surface area contributed by atoms with Gasteiger partial charge in [-0.05, 0) is 29.0 Å². The first-order valence-electron chi connectivity index (χ1n) is 8.17. The Labute approximate surface area is 156 Å². The van der Waals surface area contributed by atoms with Gasteiger partial charge in [-0.1, -0.05) is 11.6 Å². The number of quaternary nitrogens is 1. The summed E-state index contributed by atoms with van der Waals surface area (Å²) in [6.07, 6.45) is 0. The summed E-state index contributed by atoms with van der Waals surface area (Å²) < 4.78 is 10.5. The lowest BCUT2D eigenvalue weighted by molar-refractivity contribution is -0.917. The van der Waals surface area contributed by atoms with Gasteiger partial charge in [0.2, 0.25) is 0 Å². The van der Waals surface area contributed by atoms with Crippen molar-refractivity contribution in [2.45, 2.75) is 6.54 Å². The Hall–Kier alpha value is -1.76. The summed E-state index contributed by atoms with van der Waals surface area (Å²) in [5.41, 5.74) is 1.90. The molecule has 7 heteroatoms. The third kappa shape index (κ3) is 4.08. The first-order valence-corrected chi connectivity index (χ1v) is 9.50. The molecule has 25 heavy (non-hydrogen) atoms. The molecule has 0 atom stereocenters. The molecule has 2 aromatic rings. The first kappa shape index (κ1) is 18.0. The molecule has 0 unspecified atom stereocenters. The van der Waals surface area contributed by atoms with E-state index in [9.17, 15) is 4.79 Å². The normalized spacial score (nSPS) is 15.2. The smallest absolute Gasteiger partial charge is 0.254 e. The summed E-state index contributed by atoms with van der Waals surface area (Å²) in [4.78, 5) is 16.2. The van der Waals surface area contributed by atoms with Crippen LogP contribution < -0.4 is 14.4 Å². The Morgan fingerprint density at radius 1 is 1.28 bits per heavy atom. The van der Waals surface area contributed by atoms with Crippen molar-refractivity contribution in [3.05, 3.63) is 45.1 Å². The van der Waals surface area contributed by atoms with Crippen molar-refractivity contribution in [1.29, 1.82) is 0 Å². The fraction of sp³-hybridized carbons (Fsp3) is 0.389. The number of hydrogen-bond acceptors (Lipinski definition) is 4. The molecule has 2 heterocycles. The molecule has 1 aliphatic heterocycles. The second-order valence-electron chi connectivity index (χ2n) is 6.04. The van der Waals surface area contributed by atoms with E-state index in [1.807, 2.05) is 4.90 Å². The highest BCUT2D eigenvalue weighted by molar-refractivity contribution is 7.07. The second kappa shape index (κ2) is 8.08. The lowest BCUT2D eigenvalue weighted by Gasteiger charge is -2.32. The summed E-state index contributed by atoms with van der Waals surface area (Å²) in [6, 6.07) is 5.51. The van der Waals surface area contributed by atoms with E-state index in [1.165, 1.54) is 24.7 Å². The maximum Gasteiger partial charge on any atom is 0.254 e. The number of methoxy groups -OCH3 is 2. The van der Waals surface area contributed by atoms with Gasteiger partial charge in [-0.25, -0.2) is 0 Å². The minimum atomic E-state index is -0.0163. The van der Waals surface area contributed by atoms with Crippen molar-refractivity contribution in [3.8, 4) is 11.5 Å². The third-order valence-electron chi connectivity index (χ3n) is 4.47. The van der Waals surface area contributed by atoms with Gasteiger partial charge in [-0.3, -0.25) is 4.79 Å². The number of carbonyl (C=O) groups excluding carboxylic acids is 1. The van der Waals surface area contributed by atoms with Crippen molar-refractivity contribution < 1.29 is 19.2 Å².